The van der Waals surface area contributed by atoms with Crippen LogP contribution in [0.15, 0.2) is 53.3 Å². The third kappa shape index (κ3) is 4.56. The molecular formula is C22H21N5O3S. The lowest BCUT2D eigenvalue weighted by atomic mass is 10.1. The number of rotatable bonds is 5. The van der Waals surface area contributed by atoms with Crippen molar-refractivity contribution in [2.24, 2.45) is 0 Å². The highest BCUT2D eigenvalue weighted by molar-refractivity contribution is 7.19. The average Bonchev–Trinajstić information content (AvgIpc) is 3.20. The van der Waals surface area contributed by atoms with E-state index in [4.69, 9.17) is 4.74 Å². The lowest BCUT2D eigenvalue weighted by molar-refractivity contribution is 0.251. The first kappa shape index (κ1) is 20.5. The Bertz CT molecular complexity index is 1310. The molecule has 0 unspecified atom stereocenters. The fourth-order valence-electron chi connectivity index (χ4n) is 3.00. The Balaban J connectivity index is 1.50. The second-order valence-electron chi connectivity index (χ2n) is 7.04. The van der Waals surface area contributed by atoms with Gasteiger partial charge in [-0.3, -0.25) is 4.79 Å². The molecule has 8 nitrogen and oxygen atoms in total. The van der Waals surface area contributed by atoms with Gasteiger partial charge in [-0.15, -0.1) is 0 Å². The monoisotopic (exact) mass is 435 g/mol. The van der Waals surface area contributed by atoms with Crippen molar-refractivity contribution in [3.63, 3.8) is 0 Å². The zero-order valence-electron chi connectivity index (χ0n) is 17.3. The number of methoxy groups -OCH3 is 1. The predicted molar refractivity (Wildman–Crippen MR) is 121 cm³/mol. The molecule has 0 atom stereocenters. The first-order valence-corrected chi connectivity index (χ1v) is 10.4. The molecule has 4 rings (SSSR count). The topological polar surface area (TPSA) is 97.6 Å². The summed E-state index contributed by atoms with van der Waals surface area (Å²) in [5, 5.41) is 10.6. The van der Waals surface area contributed by atoms with Crippen LogP contribution in [0, 0.1) is 13.8 Å². The van der Waals surface area contributed by atoms with Gasteiger partial charge >= 0.3 is 6.03 Å². The summed E-state index contributed by atoms with van der Waals surface area (Å²) in [4.78, 5) is 29.7. The summed E-state index contributed by atoms with van der Waals surface area (Å²) < 4.78 is 6.44. The van der Waals surface area contributed by atoms with E-state index in [0.717, 1.165) is 28.1 Å². The number of fused-ring (bicyclic) bond motifs is 1. The third-order valence-electron chi connectivity index (χ3n) is 4.71. The Morgan fingerprint density at radius 2 is 1.90 bits per heavy atom. The summed E-state index contributed by atoms with van der Waals surface area (Å²) in [6.45, 7) is 4.01. The van der Waals surface area contributed by atoms with Crippen LogP contribution in [-0.4, -0.2) is 27.7 Å². The largest absolute Gasteiger partial charge is 0.497 e. The smallest absolute Gasteiger partial charge is 0.319 e. The molecule has 158 valence electrons. The zero-order valence-corrected chi connectivity index (χ0v) is 18.1. The van der Waals surface area contributed by atoms with Gasteiger partial charge in [-0.05, 0) is 55.3 Å². The number of benzene rings is 2. The second kappa shape index (κ2) is 8.57. The number of aryl methyl sites for hydroxylation is 2. The molecule has 0 saturated carbocycles. The molecular weight excluding hydrogens is 414 g/mol. The van der Waals surface area contributed by atoms with Crippen molar-refractivity contribution in [1.82, 2.24) is 19.9 Å². The highest BCUT2D eigenvalue weighted by atomic mass is 32.1. The molecule has 9 heteroatoms. The molecule has 0 aliphatic rings. The van der Waals surface area contributed by atoms with E-state index in [9.17, 15) is 9.59 Å². The van der Waals surface area contributed by atoms with Crippen LogP contribution >= 0.6 is 11.3 Å². The standard InChI is InChI=1S/C22H21N5O3S/c1-13-4-5-14(2)18(10-13)25-21(29)23-12-16-11-19(28)27-22(24-16)31-20(26-27)15-6-8-17(30-3)9-7-15/h4-11H,12H2,1-3H3,(H2,23,25,29). The number of hydrogen-bond donors (Lipinski definition) is 2. The van der Waals surface area contributed by atoms with Gasteiger partial charge < -0.3 is 15.4 Å². The van der Waals surface area contributed by atoms with E-state index in [1.807, 2.05) is 56.3 Å². The van der Waals surface area contributed by atoms with Crippen molar-refractivity contribution in [3.05, 3.63) is 75.7 Å². The number of aromatic nitrogens is 3. The van der Waals surface area contributed by atoms with Gasteiger partial charge in [0.1, 0.15) is 10.8 Å². The van der Waals surface area contributed by atoms with Gasteiger partial charge in [-0.2, -0.15) is 9.61 Å². The van der Waals surface area contributed by atoms with Crippen LogP contribution in [-0.2, 0) is 6.54 Å². The van der Waals surface area contributed by atoms with Crippen molar-refractivity contribution in [2.75, 3.05) is 12.4 Å². The van der Waals surface area contributed by atoms with Gasteiger partial charge in [0, 0.05) is 17.3 Å². The first-order chi connectivity index (χ1) is 14.9. The molecule has 0 spiro atoms. The molecule has 2 N–H and O–H groups in total. The van der Waals surface area contributed by atoms with E-state index in [2.05, 4.69) is 20.7 Å². The average molecular weight is 436 g/mol. The number of anilines is 1. The van der Waals surface area contributed by atoms with Crippen LogP contribution in [0.1, 0.15) is 16.8 Å². The van der Waals surface area contributed by atoms with Crippen molar-refractivity contribution in [3.8, 4) is 16.3 Å². The summed E-state index contributed by atoms with van der Waals surface area (Å²) >= 11 is 1.30. The number of nitrogens with zero attached hydrogens (tertiary/aromatic N) is 3. The number of amides is 2. The maximum atomic E-state index is 12.5. The molecule has 2 heterocycles. The Labute approximate surface area is 182 Å². The van der Waals surface area contributed by atoms with Crippen molar-refractivity contribution in [2.45, 2.75) is 20.4 Å². The Hall–Kier alpha value is -3.72. The lowest BCUT2D eigenvalue weighted by Gasteiger charge is -2.10. The normalized spacial score (nSPS) is 10.8. The van der Waals surface area contributed by atoms with Gasteiger partial charge in [0.25, 0.3) is 5.56 Å². The number of carbonyl (C=O) groups is 1. The summed E-state index contributed by atoms with van der Waals surface area (Å²) in [7, 11) is 1.61. The molecule has 4 aromatic rings. The molecule has 0 saturated heterocycles. The Kier molecular flexibility index (Phi) is 5.68. The van der Waals surface area contributed by atoms with Crippen LogP contribution in [0.4, 0.5) is 10.5 Å². The number of carbonyl (C=O) groups excluding carboxylic acids is 1. The van der Waals surface area contributed by atoms with E-state index in [1.54, 1.807) is 7.11 Å². The summed E-state index contributed by atoms with van der Waals surface area (Å²) in [5.41, 5.74) is 3.79. The maximum Gasteiger partial charge on any atom is 0.319 e. The lowest BCUT2D eigenvalue weighted by Crippen LogP contribution is -2.29. The quantitative estimate of drug-likeness (QED) is 0.497. The maximum absolute atomic E-state index is 12.5. The minimum Gasteiger partial charge on any atom is -0.497 e. The Morgan fingerprint density at radius 3 is 2.65 bits per heavy atom. The molecule has 2 aromatic heterocycles. The van der Waals surface area contributed by atoms with E-state index in [0.29, 0.717) is 15.7 Å². The predicted octanol–water partition coefficient (Wildman–Crippen LogP) is 3.77. The number of hydrogen-bond acceptors (Lipinski definition) is 6. The fraction of sp³-hybridized carbons (Fsp3) is 0.182. The number of urea groups is 1. The summed E-state index contributed by atoms with van der Waals surface area (Å²) in [6.07, 6.45) is 0. The third-order valence-corrected chi connectivity index (χ3v) is 5.66. The molecule has 2 aromatic carbocycles. The van der Waals surface area contributed by atoms with Gasteiger partial charge in [0.05, 0.1) is 19.3 Å². The molecule has 31 heavy (non-hydrogen) atoms. The van der Waals surface area contributed by atoms with Gasteiger partial charge in [-0.25, -0.2) is 9.78 Å². The second-order valence-corrected chi connectivity index (χ2v) is 8.00. The van der Waals surface area contributed by atoms with E-state index in [-0.39, 0.29) is 18.1 Å². The highest BCUT2D eigenvalue weighted by Gasteiger charge is 2.12. The Morgan fingerprint density at radius 1 is 1.13 bits per heavy atom. The van der Waals surface area contributed by atoms with Crippen LogP contribution in [0.3, 0.4) is 0 Å². The molecule has 0 fully saturated rings. The van der Waals surface area contributed by atoms with E-state index in [1.165, 1.54) is 21.9 Å². The van der Waals surface area contributed by atoms with Gasteiger partial charge in [0.15, 0.2) is 0 Å². The summed E-state index contributed by atoms with van der Waals surface area (Å²) in [6, 6.07) is 14.3. The highest BCUT2D eigenvalue weighted by Crippen LogP contribution is 2.26. The van der Waals surface area contributed by atoms with Crippen LogP contribution in [0.5, 0.6) is 5.75 Å². The van der Waals surface area contributed by atoms with Gasteiger partial charge in [-0.1, -0.05) is 23.5 Å². The molecule has 0 radical (unpaired) electrons. The minimum atomic E-state index is -0.362. The SMILES string of the molecule is COc1ccc(-c2nn3c(=O)cc(CNC(=O)Nc4cc(C)ccc4C)nc3s2)cc1. The first-order valence-electron chi connectivity index (χ1n) is 9.59. The summed E-state index contributed by atoms with van der Waals surface area (Å²) in [5.74, 6) is 0.743. The van der Waals surface area contributed by atoms with E-state index >= 15 is 0 Å². The molecule has 0 aliphatic carbocycles. The minimum absolute atomic E-state index is 0.123. The van der Waals surface area contributed by atoms with Crippen LogP contribution in [0.2, 0.25) is 0 Å². The van der Waals surface area contributed by atoms with Crippen LogP contribution < -0.4 is 20.9 Å². The fourth-order valence-corrected chi connectivity index (χ4v) is 3.93. The van der Waals surface area contributed by atoms with Crippen molar-refractivity contribution in [1.29, 1.82) is 0 Å². The molecule has 2 amide bonds. The number of nitrogens with one attached hydrogen (secondary N) is 2. The van der Waals surface area contributed by atoms with Gasteiger partial charge in [0.2, 0.25) is 4.96 Å². The molecule has 0 bridgehead atoms. The van der Waals surface area contributed by atoms with E-state index < -0.39 is 0 Å². The van der Waals surface area contributed by atoms with Crippen molar-refractivity contribution < 1.29 is 9.53 Å². The zero-order chi connectivity index (χ0) is 22.0. The van der Waals surface area contributed by atoms with Crippen LogP contribution in [0.25, 0.3) is 15.5 Å². The van der Waals surface area contributed by atoms with Crippen molar-refractivity contribution >= 4 is 28.0 Å². The number of ether oxygens (including phenoxy) is 1. The molecule has 0 aliphatic heterocycles.